The van der Waals surface area contributed by atoms with E-state index in [1.165, 1.54) is 24.8 Å². The Morgan fingerprint density at radius 1 is 0.650 bits per heavy atom. The first kappa shape index (κ1) is 37.0. The molecule has 9 nitrogen and oxygen atoms in total. The number of tetrazole rings is 1. The highest BCUT2D eigenvalue weighted by Crippen LogP contribution is 2.41. The van der Waals surface area contributed by atoms with Crippen LogP contribution in [0, 0.1) is 6.92 Å². The summed E-state index contributed by atoms with van der Waals surface area (Å²) < 4.78 is 8.85. The van der Waals surface area contributed by atoms with Gasteiger partial charge in [0.15, 0.2) is 5.54 Å². The van der Waals surface area contributed by atoms with Gasteiger partial charge in [0.25, 0.3) is 0 Å². The minimum atomic E-state index is -0.857. The number of hydrogen-bond donors (Lipinski definition) is 0. The van der Waals surface area contributed by atoms with Crippen molar-refractivity contribution in [2.45, 2.75) is 57.2 Å². The van der Waals surface area contributed by atoms with Crippen molar-refractivity contribution in [2.24, 2.45) is 0 Å². The van der Waals surface area contributed by atoms with E-state index in [4.69, 9.17) is 25.1 Å². The minimum Gasteiger partial charge on any atom is -0.489 e. The van der Waals surface area contributed by atoms with Gasteiger partial charge in [0.1, 0.15) is 24.5 Å². The normalized spacial score (nSPS) is 13.4. The van der Waals surface area contributed by atoms with Gasteiger partial charge in [-0.1, -0.05) is 134 Å². The van der Waals surface area contributed by atoms with Crippen LogP contribution in [0.25, 0.3) is 44.9 Å². The van der Waals surface area contributed by atoms with E-state index in [1.54, 1.807) is 11.1 Å². The molecule has 1 aliphatic carbocycles. The Morgan fingerprint density at radius 2 is 1.28 bits per heavy atom. The second-order valence-electron chi connectivity index (χ2n) is 15.6. The highest BCUT2D eigenvalue weighted by molar-refractivity contribution is 5.85. The van der Waals surface area contributed by atoms with E-state index in [0.717, 1.165) is 80.0 Å². The summed E-state index contributed by atoms with van der Waals surface area (Å²) >= 11 is 0. The monoisotopic (exact) mass is 784 g/mol. The third-order valence-electron chi connectivity index (χ3n) is 11.8. The van der Waals surface area contributed by atoms with Crippen LogP contribution >= 0.6 is 0 Å². The lowest BCUT2D eigenvalue weighted by atomic mass is 9.77. The molecule has 3 heterocycles. The number of benzene rings is 6. The van der Waals surface area contributed by atoms with Crippen LogP contribution in [0.3, 0.4) is 0 Å². The smallest absolute Gasteiger partial charge is 0.205 e. The molecule has 294 valence electrons. The summed E-state index contributed by atoms with van der Waals surface area (Å²) in [6, 6.07) is 52.8. The maximum Gasteiger partial charge on any atom is 0.205 e. The lowest BCUT2D eigenvalue weighted by Gasteiger charge is -2.34. The van der Waals surface area contributed by atoms with E-state index < -0.39 is 5.54 Å². The Morgan fingerprint density at radius 3 is 1.93 bits per heavy atom. The SMILES string of the molecule is Cc1ccc(-c2cncnc2)c(COc2ccc(-c3nc4cc(-c5nnn(C(c6ccccc6)(c6ccccc6)c6ccccc6)n5)ccc4n3C3CCCCC3)cc2)c1. The van der Waals surface area contributed by atoms with E-state index in [9.17, 15) is 0 Å². The molecule has 0 unspecified atom stereocenters. The summed E-state index contributed by atoms with van der Waals surface area (Å²) in [5.41, 5.74) is 10.5. The topological polar surface area (TPSA) is 96.4 Å². The number of hydrogen-bond acceptors (Lipinski definition) is 7. The number of rotatable bonds is 11. The van der Waals surface area contributed by atoms with Crippen LogP contribution < -0.4 is 4.74 Å². The molecule has 1 fully saturated rings. The molecule has 0 atom stereocenters. The zero-order valence-electron chi connectivity index (χ0n) is 33.5. The molecule has 0 saturated heterocycles. The first-order valence-electron chi connectivity index (χ1n) is 20.7. The second kappa shape index (κ2) is 16.2. The van der Waals surface area contributed by atoms with Crippen molar-refractivity contribution in [1.29, 1.82) is 0 Å². The quantitative estimate of drug-likeness (QED) is 0.120. The Labute approximate surface area is 349 Å². The van der Waals surface area contributed by atoms with E-state index in [0.29, 0.717) is 18.5 Å². The van der Waals surface area contributed by atoms with E-state index >= 15 is 0 Å². The molecule has 6 aromatic carbocycles. The molecule has 0 aliphatic heterocycles. The van der Waals surface area contributed by atoms with Gasteiger partial charge in [-0.05, 0) is 95.3 Å². The van der Waals surface area contributed by atoms with Crippen molar-refractivity contribution in [1.82, 2.24) is 39.7 Å². The molecule has 10 rings (SSSR count). The van der Waals surface area contributed by atoms with Crippen LogP contribution in [0.15, 0.2) is 170 Å². The first-order valence-corrected chi connectivity index (χ1v) is 20.7. The first-order chi connectivity index (χ1) is 29.6. The fourth-order valence-corrected chi connectivity index (χ4v) is 8.93. The molecule has 0 N–H and O–H groups in total. The van der Waals surface area contributed by atoms with Gasteiger partial charge in [-0.15, -0.1) is 15.0 Å². The fraction of sp³-hybridized carbons (Fsp3) is 0.176. The lowest BCUT2D eigenvalue weighted by Crippen LogP contribution is -2.39. The van der Waals surface area contributed by atoms with Gasteiger partial charge < -0.3 is 9.30 Å². The number of nitrogens with zero attached hydrogens (tertiary/aromatic N) is 8. The van der Waals surface area contributed by atoms with Gasteiger partial charge in [-0.2, -0.15) is 0 Å². The molecule has 9 aromatic rings. The molecule has 0 amide bonds. The maximum atomic E-state index is 6.39. The third-order valence-corrected chi connectivity index (χ3v) is 11.8. The predicted octanol–water partition coefficient (Wildman–Crippen LogP) is 11.0. The van der Waals surface area contributed by atoms with Gasteiger partial charge in [-0.25, -0.2) is 15.0 Å². The Balaban J connectivity index is 1.00. The number of imidazole rings is 1. The summed E-state index contributed by atoms with van der Waals surface area (Å²) in [6.07, 6.45) is 11.2. The van der Waals surface area contributed by atoms with Gasteiger partial charge in [0.2, 0.25) is 5.82 Å². The largest absolute Gasteiger partial charge is 0.489 e. The molecule has 9 heteroatoms. The van der Waals surface area contributed by atoms with Crippen LogP contribution in [0.4, 0.5) is 0 Å². The standard InChI is InChI=1S/C51H44N8O/c1-36-22-28-46(40-32-52-35-53-33-40)39(30-36)34-60-45-26-23-37(24-27-45)50-54-47-31-38(25-29-48(47)58(50)44-20-12-5-13-21-44)49-55-57-59(56-49)51(41-14-6-2-7-15-41,42-16-8-3-9-17-42)43-18-10-4-11-19-43/h2-4,6-11,14-19,22-33,35,44H,5,12-13,20-21,34H2,1H3. The Hall–Kier alpha value is -7.26. The molecular weight excluding hydrogens is 741 g/mol. The number of fused-ring (bicyclic) bond motifs is 1. The maximum absolute atomic E-state index is 6.39. The van der Waals surface area contributed by atoms with Gasteiger partial charge in [0, 0.05) is 35.1 Å². The van der Waals surface area contributed by atoms with Crippen LogP contribution in [0.5, 0.6) is 5.75 Å². The lowest BCUT2D eigenvalue weighted by molar-refractivity contribution is 0.306. The molecule has 1 saturated carbocycles. The number of aryl methyl sites for hydroxylation is 1. The Kier molecular flexibility index (Phi) is 9.99. The van der Waals surface area contributed by atoms with E-state index in [1.807, 2.05) is 42.7 Å². The fourth-order valence-electron chi connectivity index (χ4n) is 8.93. The van der Waals surface area contributed by atoms with Crippen molar-refractivity contribution >= 4 is 11.0 Å². The predicted molar refractivity (Wildman–Crippen MR) is 235 cm³/mol. The van der Waals surface area contributed by atoms with Crippen LogP contribution in [-0.2, 0) is 12.1 Å². The zero-order chi connectivity index (χ0) is 40.3. The molecule has 3 aromatic heterocycles. The Bertz CT molecular complexity index is 2760. The minimum absolute atomic E-state index is 0.365. The molecule has 0 spiro atoms. The van der Waals surface area contributed by atoms with Crippen LogP contribution in [-0.4, -0.2) is 39.7 Å². The van der Waals surface area contributed by atoms with E-state index in [-0.39, 0.29) is 0 Å². The van der Waals surface area contributed by atoms with Crippen LogP contribution in [0.2, 0.25) is 0 Å². The van der Waals surface area contributed by atoms with Crippen molar-refractivity contribution in [3.05, 3.63) is 198 Å². The highest BCUT2D eigenvalue weighted by atomic mass is 16.5. The molecule has 1 aliphatic rings. The molecule has 0 radical (unpaired) electrons. The highest BCUT2D eigenvalue weighted by Gasteiger charge is 2.41. The summed E-state index contributed by atoms with van der Waals surface area (Å²) in [4.78, 5) is 15.6. The summed E-state index contributed by atoms with van der Waals surface area (Å²) in [7, 11) is 0. The van der Waals surface area contributed by atoms with Gasteiger partial charge in [0.05, 0.1) is 11.0 Å². The number of aromatic nitrogens is 8. The molecule has 0 bridgehead atoms. The van der Waals surface area contributed by atoms with Gasteiger partial charge >= 0.3 is 0 Å². The van der Waals surface area contributed by atoms with E-state index in [2.05, 4.69) is 143 Å². The average Bonchev–Trinajstić information content (AvgIpc) is 3.97. The summed E-state index contributed by atoms with van der Waals surface area (Å²) in [6.45, 7) is 2.52. The van der Waals surface area contributed by atoms with Crippen molar-refractivity contribution in [3.8, 4) is 39.7 Å². The summed E-state index contributed by atoms with van der Waals surface area (Å²) in [5.74, 6) is 2.29. The second-order valence-corrected chi connectivity index (χ2v) is 15.6. The summed E-state index contributed by atoms with van der Waals surface area (Å²) in [5, 5.41) is 14.7. The van der Waals surface area contributed by atoms with Crippen LogP contribution in [0.1, 0.15) is 66.0 Å². The van der Waals surface area contributed by atoms with Crippen molar-refractivity contribution in [2.75, 3.05) is 0 Å². The number of ether oxygens (including phenoxy) is 1. The van der Waals surface area contributed by atoms with Gasteiger partial charge in [-0.3, -0.25) is 0 Å². The molecule has 60 heavy (non-hydrogen) atoms. The third kappa shape index (κ3) is 6.91. The average molecular weight is 785 g/mol. The van der Waals surface area contributed by atoms with Crippen molar-refractivity contribution < 1.29 is 4.74 Å². The zero-order valence-corrected chi connectivity index (χ0v) is 33.5. The molecular formula is C51H44N8O. The van der Waals surface area contributed by atoms with Crippen molar-refractivity contribution in [3.63, 3.8) is 0 Å².